The molecule has 0 unspecified atom stereocenters. The number of benzene rings is 1. The van der Waals surface area contributed by atoms with Crippen molar-refractivity contribution < 1.29 is 9.53 Å². The van der Waals surface area contributed by atoms with E-state index >= 15 is 0 Å². The highest BCUT2D eigenvalue weighted by molar-refractivity contribution is 7.08. The number of nitriles is 1. The number of thiophene rings is 1. The molecule has 3 rings (SSSR count). The van der Waals surface area contributed by atoms with E-state index in [9.17, 15) is 4.79 Å². The van der Waals surface area contributed by atoms with Crippen LogP contribution in [0.2, 0.25) is 0 Å². The summed E-state index contributed by atoms with van der Waals surface area (Å²) in [6.45, 7) is 4.50. The summed E-state index contributed by atoms with van der Waals surface area (Å²) in [5, 5.41) is 12.9. The summed E-state index contributed by atoms with van der Waals surface area (Å²) in [4.78, 5) is 16.5. The third-order valence-electron chi connectivity index (χ3n) is 4.10. The predicted molar refractivity (Wildman–Crippen MR) is 93.3 cm³/mol. The zero-order valence-corrected chi connectivity index (χ0v) is 14.2. The maximum atomic E-state index is 12.3. The number of carbonyl (C=O) groups excluding carboxylic acids is 1. The lowest BCUT2D eigenvalue weighted by molar-refractivity contribution is 0.0621. The van der Waals surface area contributed by atoms with Crippen molar-refractivity contribution in [2.24, 2.45) is 0 Å². The number of nitrogens with zero attached hydrogens (tertiary/aromatic N) is 3. The van der Waals surface area contributed by atoms with Crippen LogP contribution >= 0.6 is 11.3 Å². The van der Waals surface area contributed by atoms with Gasteiger partial charge in [-0.1, -0.05) is 12.1 Å². The largest absolute Gasteiger partial charge is 0.491 e. The van der Waals surface area contributed by atoms with Crippen LogP contribution in [0.5, 0.6) is 5.75 Å². The van der Waals surface area contributed by atoms with Crippen molar-refractivity contribution >= 4 is 17.2 Å². The van der Waals surface area contributed by atoms with Crippen LogP contribution in [0.15, 0.2) is 41.1 Å². The predicted octanol–water partition coefficient (Wildman–Crippen LogP) is 2.46. The van der Waals surface area contributed by atoms with Gasteiger partial charge in [-0.2, -0.15) is 16.6 Å². The van der Waals surface area contributed by atoms with E-state index in [1.807, 2.05) is 39.9 Å². The minimum absolute atomic E-state index is 0.120. The molecular formula is C18H19N3O2S. The number of para-hydroxylation sites is 1. The van der Waals surface area contributed by atoms with Gasteiger partial charge in [0.25, 0.3) is 5.91 Å². The van der Waals surface area contributed by atoms with Crippen LogP contribution in [0.25, 0.3) is 0 Å². The molecule has 24 heavy (non-hydrogen) atoms. The van der Waals surface area contributed by atoms with Gasteiger partial charge in [0.1, 0.15) is 18.4 Å². The molecule has 6 heteroatoms. The van der Waals surface area contributed by atoms with Gasteiger partial charge in [0.15, 0.2) is 0 Å². The van der Waals surface area contributed by atoms with Crippen molar-refractivity contribution in [3.05, 3.63) is 52.2 Å². The first-order valence-corrected chi connectivity index (χ1v) is 8.88. The van der Waals surface area contributed by atoms with Crippen molar-refractivity contribution in [2.45, 2.75) is 0 Å². The lowest BCUT2D eigenvalue weighted by Gasteiger charge is -2.34. The van der Waals surface area contributed by atoms with Crippen LogP contribution in [0.3, 0.4) is 0 Å². The number of carbonyl (C=O) groups is 1. The molecule has 0 saturated carbocycles. The number of rotatable bonds is 5. The van der Waals surface area contributed by atoms with Crippen LogP contribution in [0.1, 0.15) is 15.9 Å². The van der Waals surface area contributed by atoms with Gasteiger partial charge in [0.2, 0.25) is 0 Å². The summed E-state index contributed by atoms with van der Waals surface area (Å²) in [5.74, 6) is 0.751. The summed E-state index contributed by atoms with van der Waals surface area (Å²) in [5.41, 5.74) is 1.34. The highest BCUT2D eigenvalue weighted by atomic mass is 32.1. The van der Waals surface area contributed by atoms with E-state index in [4.69, 9.17) is 10.00 Å². The molecular weight excluding hydrogens is 322 g/mol. The Morgan fingerprint density at radius 1 is 1.21 bits per heavy atom. The normalized spacial score (nSPS) is 15.0. The average Bonchev–Trinajstić information content (AvgIpc) is 3.17. The smallest absolute Gasteiger partial charge is 0.254 e. The summed E-state index contributed by atoms with van der Waals surface area (Å²) in [7, 11) is 0. The van der Waals surface area contributed by atoms with Crippen molar-refractivity contribution in [3.63, 3.8) is 0 Å². The van der Waals surface area contributed by atoms with Gasteiger partial charge >= 0.3 is 0 Å². The molecule has 2 heterocycles. The topological polar surface area (TPSA) is 56.6 Å². The summed E-state index contributed by atoms with van der Waals surface area (Å²) in [6, 6.07) is 11.3. The number of amides is 1. The molecule has 1 aliphatic rings. The third kappa shape index (κ3) is 3.94. The van der Waals surface area contributed by atoms with Crippen molar-refractivity contribution in [1.29, 1.82) is 5.26 Å². The van der Waals surface area contributed by atoms with Gasteiger partial charge in [-0.15, -0.1) is 0 Å². The Bertz CT molecular complexity index is 716. The summed E-state index contributed by atoms with van der Waals surface area (Å²) < 4.78 is 5.72. The van der Waals surface area contributed by atoms with Crippen LogP contribution in [0, 0.1) is 11.3 Å². The first-order chi connectivity index (χ1) is 11.8. The molecule has 0 aliphatic carbocycles. The van der Waals surface area contributed by atoms with Crippen LogP contribution < -0.4 is 4.74 Å². The van der Waals surface area contributed by atoms with Crippen LogP contribution in [0.4, 0.5) is 0 Å². The monoisotopic (exact) mass is 341 g/mol. The molecule has 5 nitrogen and oxygen atoms in total. The minimum Gasteiger partial charge on any atom is -0.491 e. The van der Waals surface area contributed by atoms with Gasteiger partial charge in [0, 0.05) is 38.1 Å². The van der Waals surface area contributed by atoms with E-state index in [1.165, 1.54) is 0 Å². The molecule has 1 amide bonds. The van der Waals surface area contributed by atoms with Crippen LogP contribution in [-0.2, 0) is 0 Å². The molecule has 1 aromatic heterocycles. The fourth-order valence-corrected chi connectivity index (χ4v) is 3.34. The number of ether oxygens (including phenoxy) is 1. The highest BCUT2D eigenvalue weighted by Gasteiger charge is 2.22. The Labute approximate surface area is 145 Å². The number of hydrogen-bond acceptors (Lipinski definition) is 5. The molecule has 1 fully saturated rings. The number of piperazine rings is 1. The Kier molecular flexibility index (Phi) is 5.47. The second kappa shape index (κ2) is 7.95. The third-order valence-corrected chi connectivity index (χ3v) is 4.78. The van der Waals surface area contributed by atoms with E-state index in [1.54, 1.807) is 17.4 Å². The highest BCUT2D eigenvalue weighted by Crippen LogP contribution is 2.16. The van der Waals surface area contributed by atoms with E-state index in [0.29, 0.717) is 17.9 Å². The summed E-state index contributed by atoms with van der Waals surface area (Å²) >= 11 is 1.55. The first-order valence-electron chi connectivity index (χ1n) is 7.93. The summed E-state index contributed by atoms with van der Waals surface area (Å²) in [6.07, 6.45) is 0. The van der Waals surface area contributed by atoms with Crippen molar-refractivity contribution in [3.8, 4) is 11.8 Å². The second-order valence-electron chi connectivity index (χ2n) is 5.60. The minimum atomic E-state index is 0.120. The molecule has 0 atom stereocenters. The Morgan fingerprint density at radius 3 is 2.71 bits per heavy atom. The van der Waals surface area contributed by atoms with E-state index in [-0.39, 0.29) is 5.91 Å². The maximum absolute atomic E-state index is 12.3. The van der Waals surface area contributed by atoms with Gasteiger partial charge in [-0.25, -0.2) is 0 Å². The Morgan fingerprint density at radius 2 is 2.00 bits per heavy atom. The number of hydrogen-bond donors (Lipinski definition) is 0. The molecule has 0 N–H and O–H groups in total. The van der Waals surface area contributed by atoms with E-state index in [0.717, 1.165) is 38.3 Å². The average molecular weight is 341 g/mol. The van der Waals surface area contributed by atoms with Gasteiger partial charge in [0.05, 0.1) is 11.1 Å². The first kappa shape index (κ1) is 16.5. The Hall–Kier alpha value is -2.36. The molecule has 124 valence electrons. The molecule has 0 bridgehead atoms. The van der Waals surface area contributed by atoms with Crippen molar-refractivity contribution in [2.75, 3.05) is 39.3 Å². The Balaban J connectivity index is 1.43. The lowest BCUT2D eigenvalue weighted by Crippen LogP contribution is -2.49. The molecule has 1 aliphatic heterocycles. The van der Waals surface area contributed by atoms with Crippen molar-refractivity contribution in [1.82, 2.24) is 9.80 Å². The zero-order chi connectivity index (χ0) is 16.8. The molecule has 1 saturated heterocycles. The SMILES string of the molecule is N#Cc1ccccc1OCCN1CCN(C(=O)c2ccsc2)CC1. The zero-order valence-electron chi connectivity index (χ0n) is 13.4. The van der Waals surface area contributed by atoms with Gasteiger partial charge in [-0.05, 0) is 23.6 Å². The molecule has 0 spiro atoms. The van der Waals surface area contributed by atoms with Gasteiger partial charge < -0.3 is 9.64 Å². The fourth-order valence-electron chi connectivity index (χ4n) is 2.71. The maximum Gasteiger partial charge on any atom is 0.254 e. The van der Waals surface area contributed by atoms with E-state index in [2.05, 4.69) is 11.0 Å². The molecule has 2 aromatic rings. The molecule has 0 radical (unpaired) electrons. The fraction of sp³-hybridized carbons (Fsp3) is 0.333. The van der Waals surface area contributed by atoms with Crippen LogP contribution in [-0.4, -0.2) is 55.0 Å². The van der Waals surface area contributed by atoms with E-state index < -0.39 is 0 Å². The molecule has 1 aromatic carbocycles. The quantitative estimate of drug-likeness (QED) is 0.838. The second-order valence-corrected chi connectivity index (χ2v) is 6.38. The standard InChI is InChI=1S/C18H19N3O2S/c19-13-15-3-1-2-4-17(15)23-11-10-20-6-8-21(9-7-20)18(22)16-5-12-24-14-16/h1-5,12,14H,6-11H2. The van der Waals surface area contributed by atoms with Gasteiger partial charge in [-0.3, -0.25) is 9.69 Å². The lowest BCUT2D eigenvalue weighted by atomic mass is 10.2.